The molecular weight excluding hydrogens is 317 g/mol. The maximum Gasteiger partial charge on any atom is 0.433 e. The van der Waals surface area contributed by atoms with Gasteiger partial charge in [0, 0.05) is 18.4 Å². The van der Waals surface area contributed by atoms with Crippen LogP contribution in [0.3, 0.4) is 0 Å². The van der Waals surface area contributed by atoms with Crippen LogP contribution in [0, 0.1) is 6.92 Å². The van der Waals surface area contributed by atoms with Gasteiger partial charge in [-0.15, -0.1) is 0 Å². The third-order valence-electron chi connectivity index (χ3n) is 4.49. The van der Waals surface area contributed by atoms with E-state index in [1.165, 1.54) is 0 Å². The van der Waals surface area contributed by atoms with Crippen molar-refractivity contribution in [3.8, 4) is 0 Å². The Balaban J connectivity index is 1.95. The van der Waals surface area contributed by atoms with Crippen molar-refractivity contribution < 1.29 is 13.2 Å². The van der Waals surface area contributed by atoms with Gasteiger partial charge in [0.25, 0.3) is 0 Å². The van der Waals surface area contributed by atoms with Crippen molar-refractivity contribution in [1.82, 2.24) is 19.9 Å². The first-order chi connectivity index (χ1) is 11.3. The lowest BCUT2D eigenvalue weighted by Gasteiger charge is -2.34. The van der Waals surface area contributed by atoms with E-state index in [4.69, 9.17) is 0 Å². The highest BCUT2D eigenvalue weighted by atomic mass is 19.4. The summed E-state index contributed by atoms with van der Waals surface area (Å²) in [5.74, 6) is 0.239. The van der Waals surface area contributed by atoms with E-state index in [1.807, 2.05) is 25.1 Å². The van der Waals surface area contributed by atoms with Gasteiger partial charge in [0.1, 0.15) is 11.5 Å². The van der Waals surface area contributed by atoms with E-state index in [-0.39, 0.29) is 5.82 Å². The second-order valence-corrected chi connectivity index (χ2v) is 6.34. The molecule has 2 aromatic heterocycles. The monoisotopic (exact) mass is 336 g/mol. The summed E-state index contributed by atoms with van der Waals surface area (Å²) in [4.78, 5) is 14.6. The van der Waals surface area contributed by atoms with Crippen LogP contribution < -0.4 is 0 Å². The van der Waals surface area contributed by atoms with Crippen LogP contribution >= 0.6 is 0 Å². The van der Waals surface area contributed by atoms with Crippen molar-refractivity contribution in [3.63, 3.8) is 0 Å². The number of halogens is 3. The molecule has 7 heteroatoms. The van der Waals surface area contributed by atoms with Crippen LogP contribution in [-0.2, 0) is 18.3 Å². The molecule has 1 atom stereocenters. The molecule has 0 bridgehead atoms. The van der Waals surface area contributed by atoms with Crippen LogP contribution in [0.5, 0.6) is 0 Å². The van der Waals surface area contributed by atoms with Gasteiger partial charge in [0.15, 0.2) is 0 Å². The van der Waals surface area contributed by atoms with Gasteiger partial charge in [-0.2, -0.15) is 13.2 Å². The Morgan fingerprint density at radius 3 is 2.71 bits per heavy atom. The van der Waals surface area contributed by atoms with Crippen molar-refractivity contribution in [3.05, 3.63) is 53.4 Å². The lowest BCUT2D eigenvalue weighted by Crippen LogP contribution is -2.40. The molecule has 0 aliphatic carbocycles. The molecule has 1 saturated heterocycles. The fraction of sp³-hybridized carbons (Fsp3) is 0.471. The number of rotatable bonds is 3. The van der Waals surface area contributed by atoms with Gasteiger partial charge >= 0.3 is 6.18 Å². The smallest absolute Gasteiger partial charge is 0.285 e. The lowest BCUT2D eigenvalue weighted by atomic mass is 9.97. The van der Waals surface area contributed by atoms with E-state index in [2.05, 4.69) is 19.9 Å². The summed E-state index contributed by atoms with van der Waals surface area (Å²) >= 11 is 0. The van der Waals surface area contributed by atoms with Crippen molar-refractivity contribution in [1.29, 1.82) is 0 Å². The van der Waals surface area contributed by atoms with Crippen LogP contribution in [0.4, 0.5) is 13.2 Å². The van der Waals surface area contributed by atoms with Crippen LogP contribution in [-0.4, -0.2) is 26.4 Å². The largest absolute Gasteiger partial charge is 0.433 e. The highest BCUT2D eigenvalue weighted by Gasteiger charge is 2.42. The Morgan fingerprint density at radius 2 is 2.04 bits per heavy atom. The number of aromatic nitrogens is 3. The average molecular weight is 336 g/mol. The molecule has 4 nitrogen and oxygen atoms in total. The number of nitrogens with zero attached hydrogens (tertiary/aromatic N) is 4. The molecule has 0 saturated carbocycles. The molecule has 3 heterocycles. The molecule has 1 aliphatic rings. The molecule has 0 N–H and O–H groups in total. The molecule has 0 amide bonds. The maximum absolute atomic E-state index is 13.1. The molecule has 1 fully saturated rings. The van der Waals surface area contributed by atoms with Crippen molar-refractivity contribution >= 4 is 0 Å². The number of hydrogen-bond acceptors (Lipinski definition) is 4. The zero-order chi connectivity index (χ0) is 17.4. The van der Waals surface area contributed by atoms with Gasteiger partial charge in [-0.1, -0.05) is 6.07 Å². The third-order valence-corrected chi connectivity index (χ3v) is 4.49. The summed E-state index contributed by atoms with van der Waals surface area (Å²) in [5, 5.41) is 0. The molecular formula is C17H19F3N4. The predicted octanol–water partition coefficient (Wildman–Crippen LogP) is 3.71. The normalized spacial score (nSPS) is 22.0. The van der Waals surface area contributed by atoms with Gasteiger partial charge in [-0.05, 0) is 51.4 Å². The number of aryl methyl sites for hydroxylation is 1. The molecule has 0 radical (unpaired) electrons. The molecule has 2 aromatic rings. The summed E-state index contributed by atoms with van der Waals surface area (Å²) in [7, 11) is 0. The Labute approximate surface area is 138 Å². The summed E-state index contributed by atoms with van der Waals surface area (Å²) < 4.78 is 39.3. The van der Waals surface area contributed by atoms with Crippen molar-refractivity contribution in [2.24, 2.45) is 0 Å². The van der Waals surface area contributed by atoms with Crippen LogP contribution in [0.15, 0.2) is 30.5 Å². The number of likely N-dealkylation sites (tertiary alicyclic amines) is 1. The Morgan fingerprint density at radius 1 is 1.25 bits per heavy atom. The molecule has 3 rings (SSSR count). The standard InChI is InChI=1S/C17H19F3N4/c1-12-10-14(17(18,19)20)23-15(22-12)16(2)7-5-9-24(16)11-13-6-3-4-8-21-13/h3-4,6,8,10H,5,7,9,11H2,1-2H3/t16-/m0/s1. The van der Waals surface area contributed by atoms with Crippen LogP contribution in [0.2, 0.25) is 0 Å². The molecule has 24 heavy (non-hydrogen) atoms. The van der Waals surface area contributed by atoms with Gasteiger partial charge in [-0.25, -0.2) is 9.97 Å². The third kappa shape index (κ3) is 3.26. The first-order valence-corrected chi connectivity index (χ1v) is 7.87. The average Bonchev–Trinajstić information content (AvgIpc) is 2.89. The van der Waals surface area contributed by atoms with E-state index in [0.717, 1.165) is 31.1 Å². The lowest BCUT2D eigenvalue weighted by molar-refractivity contribution is -0.141. The van der Waals surface area contributed by atoms with E-state index in [1.54, 1.807) is 13.1 Å². The predicted molar refractivity (Wildman–Crippen MR) is 83.0 cm³/mol. The van der Waals surface area contributed by atoms with Crippen LogP contribution in [0.1, 0.15) is 42.7 Å². The minimum absolute atomic E-state index is 0.239. The first kappa shape index (κ1) is 16.8. The zero-order valence-corrected chi connectivity index (χ0v) is 13.6. The summed E-state index contributed by atoms with van der Waals surface area (Å²) in [6, 6.07) is 6.65. The second-order valence-electron chi connectivity index (χ2n) is 6.34. The highest BCUT2D eigenvalue weighted by Crippen LogP contribution is 2.39. The maximum atomic E-state index is 13.1. The van der Waals surface area contributed by atoms with Gasteiger partial charge < -0.3 is 0 Å². The van der Waals surface area contributed by atoms with Gasteiger partial charge in [0.2, 0.25) is 0 Å². The molecule has 1 aliphatic heterocycles. The number of pyridine rings is 1. The SMILES string of the molecule is Cc1cc(C(F)(F)F)nc([C@]2(C)CCCN2Cc2ccccn2)n1. The van der Waals surface area contributed by atoms with E-state index >= 15 is 0 Å². The van der Waals surface area contributed by atoms with Gasteiger partial charge in [0.05, 0.1) is 11.2 Å². The zero-order valence-electron chi connectivity index (χ0n) is 13.6. The van der Waals surface area contributed by atoms with Crippen LogP contribution in [0.25, 0.3) is 0 Å². The van der Waals surface area contributed by atoms with Gasteiger partial charge in [-0.3, -0.25) is 9.88 Å². The Hall–Kier alpha value is -2.02. The molecule has 128 valence electrons. The fourth-order valence-electron chi connectivity index (χ4n) is 3.17. The van der Waals surface area contributed by atoms with Crippen molar-refractivity contribution in [2.45, 2.75) is 44.9 Å². The van der Waals surface area contributed by atoms with E-state index < -0.39 is 17.4 Å². The molecule has 0 spiro atoms. The minimum Gasteiger partial charge on any atom is -0.285 e. The molecule has 0 unspecified atom stereocenters. The fourth-order valence-corrected chi connectivity index (χ4v) is 3.17. The quantitative estimate of drug-likeness (QED) is 0.857. The number of alkyl halides is 3. The summed E-state index contributed by atoms with van der Waals surface area (Å²) in [5.41, 5.74) is -0.285. The summed E-state index contributed by atoms with van der Waals surface area (Å²) in [6.45, 7) is 4.83. The van der Waals surface area contributed by atoms with E-state index in [9.17, 15) is 13.2 Å². The topological polar surface area (TPSA) is 41.9 Å². The minimum atomic E-state index is -4.47. The molecule has 0 aromatic carbocycles. The second kappa shape index (κ2) is 6.12. The Bertz CT molecular complexity index is 718. The van der Waals surface area contributed by atoms with Crippen molar-refractivity contribution in [2.75, 3.05) is 6.54 Å². The highest BCUT2D eigenvalue weighted by molar-refractivity contribution is 5.19. The first-order valence-electron chi connectivity index (χ1n) is 7.87. The number of hydrogen-bond donors (Lipinski definition) is 0. The Kier molecular flexibility index (Phi) is 4.29. The van der Waals surface area contributed by atoms with E-state index in [0.29, 0.717) is 12.2 Å². The summed E-state index contributed by atoms with van der Waals surface area (Å²) in [6.07, 6.45) is -1.14.